The second-order valence-corrected chi connectivity index (χ2v) is 5.91. The lowest BCUT2D eigenvalue weighted by Crippen LogP contribution is -2.24. The van der Waals surface area contributed by atoms with E-state index in [0.29, 0.717) is 29.5 Å². The standard InChI is InChI=1S/C18H19Cl2NO2/c1-2-23-17-10-7-14(12-16(17)20)18(22)21-11-3-4-13-5-8-15(19)9-6-13/h5-10,12H,2-4,11H2,1H3,(H,21,22). The fraction of sp³-hybridized carbons (Fsp3) is 0.278. The van der Waals surface area contributed by atoms with Crippen LogP contribution in [0.25, 0.3) is 0 Å². The summed E-state index contributed by atoms with van der Waals surface area (Å²) >= 11 is 11.9. The van der Waals surface area contributed by atoms with Gasteiger partial charge in [-0.25, -0.2) is 0 Å². The highest BCUT2D eigenvalue weighted by Crippen LogP contribution is 2.25. The minimum absolute atomic E-state index is 0.133. The molecule has 0 aromatic heterocycles. The first kappa shape index (κ1) is 17.6. The molecule has 0 unspecified atom stereocenters. The summed E-state index contributed by atoms with van der Waals surface area (Å²) in [5, 5.41) is 4.07. The summed E-state index contributed by atoms with van der Waals surface area (Å²) in [5.74, 6) is 0.458. The van der Waals surface area contributed by atoms with Gasteiger partial charge in [-0.2, -0.15) is 0 Å². The number of carbonyl (C=O) groups excluding carboxylic acids is 1. The van der Waals surface area contributed by atoms with Crippen LogP contribution in [0.4, 0.5) is 0 Å². The normalized spacial score (nSPS) is 10.4. The van der Waals surface area contributed by atoms with E-state index < -0.39 is 0 Å². The van der Waals surface area contributed by atoms with E-state index >= 15 is 0 Å². The molecule has 2 aromatic rings. The van der Waals surface area contributed by atoms with Gasteiger partial charge in [-0.1, -0.05) is 35.3 Å². The summed E-state index contributed by atoms with van der Waals surface area (Å²) < 4.78 is 5.35. The fourth-order valence-corrected chi connectivity index (χ4v) is 2.52. The highest BCUT2D eigenvalue weighted by Gasteiger charge is 2.08. The van der Waals surface area contributed by atoms with Gasteiger partial charge in [-0.05, 0) is 55.7 Å². The zero-order chi connectivity index (χ0) is 16.7. The second kappa shape index (κ2) is 8.80. The van der Waals surface area contributed by atoms with Crippen molar-refractivity contribution in [3.8, 4) is 5.75 Å². The molecule has 0 heterocycles. The van der Waals surface area contributed by atoms with Gasteiger partial charge in [0.05, 0.1) is 11.6 Å². The van der Waals surface area contributed by atoms with Gasteiger partial charge in [0.15, 0.2) is 0 Å². The Bertz CT molecular complexity index is 657. The molecule has 0 saturated carbocycles. The third kappa shape index (κ3) is 5.45. The van der Waals surface area contributed by atoms with Crippen LogP contribution in [0.3, 0.4) is 0 Å². The van der Waals surface area contributed by atoms with E-state index in [0.717, 1.165) is 17.9 Å². The van der Waals surface area contributed by atoms with E-state index in [1.54, 1.807) is 18.2 Å². The number of benzene rings is 2. The van der Waals surface area contributed by atoms with Gasteiger partial charge in [0.2, 0.25) is 0 Å². The molecule has 1 amide bonds. The smallest absolute Gasteiger partial charge is 0.251 e. The number of halogens is 2. The number of carbonyl (C=O) groups is 1. The summed E-state index contributed by atoms with van der Waals surface area (Å²) in [6.07, 6.45) is 1.75. The number of aryl methyl sites for hydroxylation is 1. The highest BCUT2D eigenvalue weighted by atomic mass is 35.5. The molecule has 2 aromatic carbocycles. The third-order valence-electron chi connectivity index (χ3n) is 3.33. The third-order valence-corrected chi connectivity index (χ3v) is 3.88. The molecule has 2 rings (SSSR count). The largest absolute Gasteiger partial charge is 0.492 e. The van der Waals surface area contributed by atoms with E-state index in [1.165, 1.54) is 5.56 Å². The fourth-order valence-electron chi connectivity index (χ4n) is 2.16. The predicted octanol–water partition coefficient (Wildman–Crippen LogP) is 4.75. The molecule has 122 valence electrons. The highest BCUT2D eigenvalue weighted by molar-refractivity contribution is 6.32. The van der Waals surface area contributed by atoms with Crippen LogP contribution in [0.5, 0.6) is 5.75 Å². The molecule has 5 heteroatoms. The number of ether oxygens (including phenoxy) is 1. The minimum atomic E-state index is -0.133. The van der Waals surface area contributed by atoms with E-state index in [-0.39, 0.29) is 5.91 Å². The molecule has 0 fully saturated rings. The van der Waals surface area contributed by atoms with Gasteiger partial charge in [-0.15, -0.1) is 0 Å². The second-order valence-electron chi connectivity index (χ2n) is 5.06. The maximum absolute atomic E-state index is 12.1. The maximum atomic E-state index is 12.1. The van der Waals surface area contributed by atoms with Crippen molar-refractivity contribution in [2.45, 2.75) is 19.8 Å². The lowest BCUT2D eigenvalue weighted by atomic mass is 10.1. The van der Waals surface area contributed by atoms with Gasteiger partial charge in [0.25, 0.3) is 5.91 Å². The monoisotopic (exact) mass is 351 g/mol. The lowest BCUT2D eigenvalue weighted by molar-refractivity contribution is 0.0953. The van der Waals surface area contributed by atoms with Crippen LogP contribution in [0, 0.1) is 0 Å². The van der Waals surface area contributed by atoms with Crippen LogP contribution in [0.15, 0.2) is 42.5 Å². The lowest BCUT2D eigenvalue weighted by Gasteiger charge is -2.09. The van der Waals surface area contributed by atoms with Gasteiger partial charge < -0.3 is 10.1 Å². The Hall–Kier alpha value is -1.71. The van der Waals surface area contributed by atoms with Crippen LogP contribution in [0.2, 0.25) is 10.0 Å². The van der Waals surface area contributed by atoms with Crippen LogP contribution in [-0.2, 0) is 6.42 Å². The molecule has 0 spiro atoms. The molecule has 0 aliphatic rings. The van der Waals surface area contributed by atoms with Crippen molar-refractivity contribution in [3.63, 3.8) is 0 Å². The molecule has 0 saturated heterocycles. The number of amides is 1. The first-order chi connectivity index (χ1) is 11.1. The minimum Gasteiger partial charge on any atom is -0.492 e. The SMILES string of the molecule is CCOc1ccc(C(=O)NCCCc2ccc(Cl)cc2)cc1Cl. The zero-order valence-electron chi connectivity index (χ0n) is 12.9. The van der Waals surface area contributed by atoms with E-state index in [1.807, 2.05) is 31.2 Å². The van der Waals surface area contributed by atoms with Crippen molar-refractivity contribution < 1.29 is 9.53 Å². The number of hydrogen-bond acceptors (Lipinski definition) is 2. The molecule has 23 heavy (non-hydrogen) atoms. The average Bonchev–Trinajstić information content (AvgIpc) is 2.55. The number of nitrogens with one attached hydrogen (secondary N) is 1. The zero-order valence-corrected chi connectivity index (χ0v) is 14.5. The maximum Gasteiger partial charge on any atom is 0.251 e. The van der Waals surface area contributed by atoms with Crippen molar-refractivity contribution >= 4 is 29.1 Å². The molecular formula is C18H19Cl2NO2. The summed E-state index contributed by atoms with van der Waals surface area (Å²) in [5.41, 5.74) is 1.73. The Balaban J connectivity index is 1.80. The molecule has 3 nitrogen and oxygen atoms in total. The van der Waals surface area contributed by atoms with Crippen LogP contribution < -0.4 is 10.1 Å². The molecule has 0 aliphatic carbocycles. The van der Waals surface area contributed by atoms with Crippen LogP contribution >= 0.6 is 23.2 Å². The Labute approximate surface area is 146 Å². The van der Waals surface area contributed by atoms with Gasteiger partial charge in [0.1, 0.15) is 5.75 Å². The van der Waals surface area contributed by atoms with Gasteiger partial charge >= 0.3 is 0 Å². The Kier molecular flexibility index (Phi) is 6.75. The molecular weight excluding hydrogens is 333 g/mol. The molecule has 0 aliphatic heterocycles. The molecule has 0 radical (unpaired) electrons. The van der Waals surface area contributed by atoms with Crippen LogP contribution in [-0.4, -0.2) is 19.1 Å². The van der Waals surface area contributed by atoms with E-state index in [9.17, 15) is 4.79 Å². The van der Waals surface area contributed by atoms with E-state index in [2.05, 4.69) is 5.32 Å². The van der Waals surface area contributed by atoms with Crippen molar-refractivity contribution in [1.82, 2.24) is 5.32 Å². The summed E-state index contributed by atoms with van der Waals surface area (Å²) in [6.45, 7) is 3.03. The summed E-state index contributed by atoms with van der Waals surface area (Å²) in [7, 11) is 0. The van der Waals surface area contributed by atoms with Crippen LogP contribution in [0.1, 0.15) is 29.3 Å². The Morgan fingerprint density at radius 1 is 1.13 bits per heavy atom. The molecule has 1 N–H and O–H groups in total. The average molecular weight is 352 g/mol. The number of hydrogen-bond donors (Lipinski definition) is 1. The summed E-state index contributed by atoms with van der Waals surface area (Å²) in [4.78, 5) is 12.1. The van der Waals surface area contributed by atoms with Crippen molar-refractivity contribution in [3.05, 3.63) is 63.6 Å². The number of rotatable bonds is 7. The first-order valence-corrected chi connectivity index (χ1v) is 8.30. The Morgan fingerprint density at radius 2 is 1.87 bits per heavy atom. The van der Waals surface area contributed by atoms with Crippen molar-refractivity contribution in [2.24, 2.45) is 0 Å². The quantitative estimate of drug-likeness (QED) is 0.730. The molecule has 0 atom stereocenters. The first-order valence-electron chi connectivity index (χ1n) is 7.55. The predicted molar refractivity (Wildman–Crippen MR) is 94.7 cm³/mol. The van der Waals surface area contributed by atoms with Gasteiger partial charge in [-0.3, -0.25) is 4.79 Å². The topological polar surface area (TPSA) is 38.3 Å². The Morgan fingerprint density at radius 3 is 2.52 bits per heavy atom. The van der Waals surface area contributed by atoms with Crippen molar-refractivity contribution in [2.75, 3.05) is 13.2 Å². The van der Waals surface area contributed by atoms with E-state index in [4.69, 9.17) is 27.9 Å². The van der Waals surface area contributed by atoms with Gasteiger partial charge in [0, 0.05) is 17.1 Å². The summed E-state index contributed by atoms with van der Waals surface area (Å²) in [6, 6.07) is 12.8. The molecule has 0 bridgehead atoms. The van der Waals surface area contributed by atoms with Crippen molar-refractivity contribution in [1.29, 1.82) is 0 Å².